The molecule has 1 amide bonds. The number of hydrogen-bond donors (Lipinski definition) is 1. The second kappa shape index (κ2) is 6.61. The molecule has 0 fully saturated rings. The van der Waals surface area contributed by atoms with Gasteiger partial charge in [0.2, 0.25) is 5.76 Å². The monoisotopic (exact) mass is 364 g/mol. The summed E-state index contributed by atoms with van der Waals surface area (Å²) < 4.78 is 13.0. The molecule has 0 saturated heterocycles. The molecule has 3 heterocycles. The molecule has 0 aliphatic rings. The third kappa shape index (κ3) is 3.45. The molecule has 7 nitrogen and oxygen atoms in total. The Labute approximate surface area is 134 Å². The van der Waals surface area contributed by atoms with E-state index in [-0.39, 0.29) is 11.6 Å². The first-order valence-electron chi connectivity index (χ1n) is 6.68. The summed E-state index contributed by atoms with van der Waals surface area (Å²) >= 11 is 3.29. The Morgan fingerprint density at radius 3 is 3.05 bits per heavy atom. The van der Waals surface area contributed by atoms with E-state index >= 15 is 0 Å². The Hall–Kier alpha value is -2.35. The molecule has 3 rings (SSSR count). The number of aryl methyl sites for hydroxylation is 1. The first kappa shape index (κ1) is 14.6. The molecule has 0 unspecified atom stereocenters. The van der Waals surface area contributed by atoms with Gasteiger partial charge in [-0.1, -0.05) is 5.16 Å². The van der Waals surface area contributed by atoms with Crippen molar-refractivity contribution in [1.29, 1.82) is 0 Å². The molecule has 0 radical (unpaired) electrons. The van der Waals surface area contributed by atoms with E-state index in [0.29, 0.717) is 18.1 Å². The lowest BCUT2D eigenvalue weighted by Crippen LogP contribution is -2.25. The molecule has 8 heteroatoms. The fourth-order valence-electron chi connectivity index (χ4n) is 1.93. The van der Waals surface area contributed by atoms with Crippen molar-refractivity contribution < 1.29 is 13.7 Å². The number of hydrogen-bond acceptors (Lipinski definition) is 5. The number of amides is 1. The highest BCUT2D eigenvalue weighted by Crippen LogP contribution is 2.20. The molecule has 0 aliphatic heterocycles. The maximum absolute atomic E-state index is 12.0. The lowest BCUT2D eigenvalue weighted by Gasteiger charge is -2.03. The molecule has 0 aromatic carbocycles. The van der Waals surface area contributed by atoms with Gasteiger partial charge < -0.3 is 18.8 Å². The smallest absolute Gasteiger partial charge is 0.273 e. The average Bonchev–Trinajstić information content (AvgIpc) is 3.23. The van der Waals surface area contributed by atoms with E-state index < -0.39 is 0 Å². The number of aromatic nitrogens is 3. The second-order valence-electron chi connectivity index (χ2n) is 4.60. The van der Waals surface area contributed by atoms with Gasteiger partial charge in [0, 0.05) is 25.4 Å². The van der Waals surface area contributed by atoms with Gasteiger partial charge in [-0.2, -0.15) is 0 Å². The molecular weight excluding hydrogens is 352 g/mol. The number of carbonyl (C=O) groups is 1. The van der Waals surface area contributed by atoms with Crippen molar-refractivity contribution in [2.24, 2.45) is 0 Å². The fourth-order valence-corrected chi connectivity index (χ4v) is 2.28. The summed E-state index contributed by atoms with van der Waals surface area (Å²) in [5.41, 5.74) is 0.233. The predicted molar refractivity (Wildman–Crippen MR) is 81.1 cm³/mol. The van der Waals surface area contributed by atoms with Crippen molar-refractivity contribution in [3.63, 3.8) is 0 Å². The molecule has 3 aromatic heterocycles. The molecule has 0 bridgehead atoms. The molecule has 0 spiro atoms. The number of carbonyl (C=O) groups excluding carboxylic acids is 1. The van der Waals surface area contributed by atoms with Gasteiger partial charge in [-0.15, -0.1) is 0 Å². The van der Waals surface area contributed by atoms with E-state index in [4.69, 9.17) is 8.94 Å². The van der Waals surface area contributed by atoms with Crippen LogP contribution in [0, 0.1) is 0 Å². The van der Waals surface area contributed by atoms with E-state index in [9.17, 15) is 4.79 Å². The van der Waals surface area contributed by atoms with Crippen LogP contribution in [0.15, 0.2) is 50.5 Å². The Kier molecular flexibility index (Phi) is 4.38. The minimum Gasteiger partial charge on any atom is -0.461 e. The van der Waals surface area contributed by atoms with Crippen LogP contribution in [0.25, 0.3) is 11.5 Å². The zero-order valence-corrected chi connectivity index (χ0v) is 13.1. The summed E-state index contributed by atoms with van der Waals surface area (Å²) in [5, 5.41) is 6.54. The minimum absolute atomic E-state index is 0.233. The van der Waals surface area contributed by atoms with Crippen LogP contribution in [0.1, 0.15) is 16.9 Å². The van der Waals surface area contributed by atoms with Crippen LogP contribution >= 0.6 is 15.9 Å². The predicted octanol–water partition coefficient (Wildman–Crippen LogP) is 2.71. The highest BCUT2D eigenvalue weighted by atomic mass is 79.9. The van der Waals surface area contributed by atoms with Gasteiger partial charge >= 0.3 is 0 Å². The SMILES string of the molecule is O=C(NCCCn1cnc(Br)c1)c1cc(-c2ccco2)on1. The Morgan fingerprint density at radius 1 is 1.41 bits per heavy atom. The van der Waals surface area contributed by atoms with Gasteiger partial charge in [0.25, 0.3) is 5.91 Å². The molecule has 22 heavy (non-hydrogen) atoms. The van der Waals surface area contributed by atoms with E-state index in [1.807, 2.05) is 10.8 Å². The lowest BCUT2D eigenvalue weighted by molar-refractivity contribution is 0.0943. The zero-order valence-electron chi connectivity index (χ0n) is 11.5. The first-order valence-corrected chi connectivity index (χ1v) is 7.48. The summed E-state index contributed by atoms with van der Waals surface area (Å²) in [7, 11) is 0. The van der Waals surface area contributed by atoms with Crippen molar-refractivity contribution in [3.05, 3.63) is 47.3 Å². The molecule has 0 atom stereocenters. The van der Waals surface area contributed by atoms with Crippen molar-refractivity contribution in [1.82, 2.24) is 20.0 Å². The highest BCUT2D eigenvalue weighted by molar-refractivity contribution is 9.10. The van der Waals surface area contributed by atoms with Crippen LogP contribution in [0.4, 0.5) is 0 Å². The summed E-state index contributed by atoms with van der Waals surface area (Å²) in [4.78, 5) is 16.0. The highest BCUT2D eigenvalue weighted by Gasteiger charge is 2.14. The van der Waals surface area contributed by atoms with E-state index in [1.54, 1.807) is 24.5 Å². The largest absolute Gasteiger partial charge is 0.461 e. The number of imidazole rings is 1. The maximum Gasteiger partial charge on any atom is 0.273 e. The summed E-state index contributed by atoms with van der Waals surface area (Å²) in [6, 6.07) is 5.04. The normalized spacial score (nSPS) is 10.8. The summed E-state index contributed by atoms with van der Waals surface area (Å²) in [6.07, 6.45) is 5.94. The van der Waals surface area contributed by atoms with Crippen molar-refractivity contribution in [2.75, 3.05) is 6.54 Å². The molecule has 114 valence electrons. The van der Waals surface area contributed by atoms with Crippen LogP contribution in [0.5, 0.6) is 0 Å². The third-order valence-electron chi connectivity index (χ3n) is 2.99. The van der Waals surface area contributed by atoms with Crippen LogP contribution in [0.2, 0.25) is 0 Å². The molecule has 3 aromatic rings. The van der Waals surface area contributed by atoms with Gasteiger partial charge in [0.15, 0.2) is 11.5 Å². The average molecular weight is 365 g/mol. The molecule has 0 aliphatic carbocycles. The lowest BCUT2D eigenvalue weighted by atomic mass is 10.3. The van der Waals surface area contributed by atoms with E-state index in [1.165, 1.54) is 6.26 Å². The Balaban J connectivity index is 1.48. The second-order valence-corrected chi connectivity index (χ2v) is 5.41. The Bertz CT molecular complexity index is 748. The number of nitrogens with one attached hydrogen (secondary N) is 1. The molecule has 1 N–H and O–H groups in total. The fraction of sp³-hybridized carbons (Fsp3) is 0.214. The minimum atomic E-state index is -0.270. The van der Waals surface area contributed by atoms with Crippen LogP contribution in [0.3, 0.4) is 0 Å². The van der Waals surface area contributed by atoms with Crippen LogP contribution < -0.4 is 5.32 Å². The number of furan rings is 1. The maximum atomic E-state index is 12.0. The number of nitrogens with zero attached hydrogens (tertiary/aromatic N) is 3. The van der Waals surface area contributed by atoms with E-state index in [2.05, 4.69) is 31.4 Å². The summed E-state index contributed by atoms with van der Waals surface area (Å²) in [6.45, 7) is 1.31. The topological polar surface area (TPSA) is 86.1 Å². The van der Waals surface area contributed by atoms with Gasteiger partial charge in [-0.3, -0.25) is 4.79 Å². The van der Waals surface area contributed by atoms with Crippen molar-refractivity contribution >= 4 is 21.8 Å². The molecule has 0 saturated carbocycles. The quantitative estimate of drug-likeness (QED) is 0.679. The van der Waals surface area contributed by atoms with Crippen molar-refractivity contribution in [3.8, 4) is 11.5 Å². The van der Waals surface area contributed by atoms with Gasteiger partial charge in [-0.05, 0) is 34.5 Å². The van der Waals surface area contributed by atoms with Gasteiger partial charge in [-0.25, -0.2) is 4.98 Å². The third-order valence-corrected chi connectivity index (χ3v) is 3.40. The Morgan fingerprint density at radius 2 is 2.32 bits per heavy atom. The van der Waals surface area contributed by atoms with Gasteiger partial charge in [0.05, 0.1) is 12.6 Å². The van der Waals surface area contributed by atoms with Crippen molar-refractivity contribution in [2.45, 2.75) is 13.0 Å². The van der Waals surface area contributed by atoms with Crippen LogP contribution in [-0.2, 0) is 6.54 Å². The number of rotatable bonds is 6. The standard InChI is InChI=1S/C14H13BrN4O3/c15-13-8-19(9-17-13)5-2-4-16-14(20)10-7-12(22-18-10)11-3-1-6-21-11/h1,3,6-9H,2,4-5H2,(H,16,20). The molecular formula is C14H13BrN4O3. The first-order chi connectivity index (χ1) is 10.7. The summed E-state index contributed by atoms with van der Waals surface area (Å²) in [5.74, 6) is 0.698. The number of halogens is 1. The zero-order chi connectivity index (χ0) is 15.4. The van der Waals surface area contributed by atoms with E-state index in [0.717, 1.165) is 17.6 Å². The van der Waals surface area contributed by atoms with Crippen LogP contribution in [-0.4, -0.2) is 27.2 Å². The van der Waals surface area contributed by atoms with Gasteiger partial charge in [0.1, 0.15) is 4.60 Å².